The molecule has 0 bridgehead atoms. The summed E-state index contributed by atoms with van der Waals surface area (Å²) in [7, 11) is 1.90. The lowest BCUT2D eigenvalue weighted by Gasteiger charge is -2.18. The highest BCUT2D eigenvalue weighted by Gasteiger charge is 2.18. The van der Waals surface area contributed by atoms with Gasteiger partial charge in [0.2, 0.25) is 6.33 Å². The predicted octanol–water partition coefficient (Wildman–Crippen LogP) is 1.18. The molecule has 2 aromatic rings. The summed E-state index contributed by atoms with van der Waals surface area (Å²) >= 11 is 0. The third-order valence-corrected chi connectivity index (χ3v) is 3.02. The first kappa shape index (κ1) is 13.8. The number of benzene rings is 1. The Bertz CT molecular complexity index is 637. The molecule has 0 N–H and O–H groups in total. The van der Waals surface area contributed by atoms with E-state index < -0.39 is 0 Å². The minimum Gasteiger partial charge on any atom is -0.295 e. The highest BCUT2D eigenvalue weighted by atomic mass is 16.2. The molecule has 1 aromatic carbocycles. The SMILES string of the molecule is Cc1ccc(N(CC#N)C(=O)Cn2cc[n+](C)c2)cc1. The van der Waals surface area contributed by atoms with Crippen LogP contribution in [-0.2, 0) is 18.4 Å². The lowest BCUT2D eigenvalue weighted by molar-refractivity contribution is -0.671. The zero-order valence-electron chi connectivity index (χ0n) is 11.7. The van der Waals surface area contributed by atoms with Crippen LogP contribution >= 0.6 is 0 Å². The van der Waals surface area contributed by atoms with Crippen molar-refractivity contribution in [3.63, 3.8) is 0 Å². The quantitative estimate of drug-likeness (QED) is 0.618. The highest BCUT2D eigenvalue weighted by molar-refractivity contribution is 5.93. The molecule has 0 spiro atoms. The summed E-state index contributed by atoms with van der Waals surface area (Å²) in [6, 6.07) is 9.63. The Morgan fingerprint density at radius 2 is 2.10 bits per heavy atom. The Morgan fingerprint density at radius 3 is 2.65 bits per heavy atom. The number of aromatic nitrogens is 2. The van der Waals surface area contributed by atoms with E-state index in [-0.39, 0.29) is 19.0 Å². The van der Waals surface area contributed by atoms with Crippen molar-refractivity contribution >= 4 is 11.6 Å². The van der Waals surface area contributed by atoms with Gasteiger partial charge in [0.15, 0.2) is 6.54 Å². The van der Waals surface area contributed by atoms with Crippen molar-refractivity contribution in [2.24, 2.45) is 7.05 Å². The Morgan fingerprint density at radius 1 is 1.40 bits per heavy atom. The number of hydrogen-bond acceptors (Lipinski definition) is 2. The minimum atomic E-state index is -0.105. The zero-order valence-corrected chi connectivity index (χ0v) is 11.7. The smallest absolute Gasteiger partial charge is 0.270 e. The van der Waals surface area contributed by atoms with E-state index in [4.69, 9.17) is 5.26 Å². The van der Waals surface area contributed by atoms with Crippen LogP contribution in [0.4, 0.5) is 5.69 Å². The molecule has 0 aliphatic rings. The molecule has 1 heterocycles. The van der Waals surface area contributed by atoms with E-state index in [9.17, 15) is 4.79 Å². The average molecular weight is 269 g/mol. The zero-order chi connectivity index (χ0) is 14.5. The summed E-state index contributed by atoms with van der Waals surface area (Å²) in [4.78, 5) is 13.8. The summed E-state index contributed by atoms with van der Waals surface area (Å²) in [5, 5.41) is 8.92. The van der Waals surface area contributed by atoms with Gasteiger partial charge in [-0.15, -0.1) is 0 Å². The van der Waals surface area contributed by atoms with Crippen LogP contribution in [0.3, 0.4) is 0 Å². The second kappa shape index (κ2) is 6.02. The highest BCUT2D eigenvalue weighted by Crippen LogP contribution is 2.15. The molecule has 0 fully saturated rings. The van der Waals surface area contributed by atoms with E-state index in [1.807, 2.05) is 67.6 Å². The molecule has 0 saturated heterocycles. The van der Waals surface area contributed by atoms with E-state index in [0.29, 0.717) is 0 Å². The van der Waals surface area contributed by atoms with E-state index in [1.165, 1.54) is 4.90 Å². The molecule has 5 nitrogen and oxygen atoms in total. The molecule has 1 amide bonds. The Labute approximate surface area is 118 Å². The number of hydrogen-bond donors (Lipinski definition) is 0. The number of aryl methyl sites for hydroxylation is 2. The van der Waals surface area contributed by atoms with Gasteiger partial charge in [0.05, 0.1) is 13.1 Å². The second-order valence-corrected chi connectivity index (χ2v) is 4.72. The summed E-state index contributed by atoms with van der Waals surface area (Å²) in [5.74, 6) is -0.105. The van der Waals surface area contributed by atoms with Crippen LogP contribution < -0.4 is 9.47 Å². The molecule has 2 rings (SSSR count). The molecule has 1 aromatic heterocycles. The number of imidazole rings is 1. The first-order valence-electron chi connectivity index (χ1n) is 6.35. The van der Waals surface area contributed by atoms with Crippen molar-refractivity contribution < 1.29 is 9.36 Å². The van der Waals surface area contributed by atoms with E-state index in [0.717, 1.165) is 11.3 Å². The third-order valence-electron chi connectivity index (χ3n) is 3.02. The van der Waals surface area contributed by atoms with Crippen LogP contribution in [0.2, 0.25) is 0 Å². The number of carbonyl (C=O) groups excluding carboxylic acids is 1. The molecular weight excluding hydrogens is 252 g/mol. The van der Waals surface area contributed by atoms with Crippen LogP contribution in [0.25, 0.3) is 0 Å². The third kappa shape index (κ3) is 3.23. The summed E-state index contributed by atoms with van der Waals surface area (Å²) < 4.78 is 3.66. The molecule has 0 saturated carbocycles. The van der Waals surface area contributed by atoms with E-state index >= 15 is 0 Å². The van der Waals surface area contributed by atoms with Gasteiger partial charge in [0.25, 0.3) is 5.91 Å². The fraction of sp³-hybridized carbons (Fsp3) is 0.267. The van der Waals surface area contributed by atoms with Gasteiger partial charge in [-0.3, -0.25) is 9.69 Å². The van der Waals surface area contributed by atoms with Crippen molar-refractivity contribution in [3.8, 4) is 6.07 Å². The van der Waals surface area contributed by atoms with Gasteiger partial charge in [-0.1, -0.05) is 17.7 Å². The number of anilines is 1. The summed E-state index contributed by atoms with van der Waals surface area (Å²) in [6.07, 6.45) is 5.53. The van der Waals surface area contributed by atoms with Crippen LogP contribution in [-0.4, -0.2) is 17.0 Å². The standard InChI is InChI=1S/C15H17N4O/c1-13-3-5-14(6-4-13)19(8-7-16)15(20)11-18-10-9-17(2)12-18/h3-6,9-10,12H,8,11H2,1-2H3/q+1. The van der Waals surface area contributed by atoms with Gasteiger partial charge in [0.1, 0.15) is 18.9 Å². The van der Waals surface area contributed by atoms with E-state index in [1.54, 1.807) is 4.57 Å². The Balaban J connectivity index is 2.17. The van der Waals surface area contributed by atoms with Crippen molar-refractivity contribution in [2.45, 2.75) is 13.5 Å². The Hall–Kier alpha value is -2.61. The number of carbonyl (C=O) groups is 1. The predicted molar refractivity (Wildman–Crippen MR) is 74.8 cm³/mol. The molecule has 0 radical (unpaired) electrons. The lowest BCUT2D eigenvalue weighted by Crippen LogP contribution is -2.34. The Kier molecular flexibility index (Phi) is 4.16. The van der Waals surface area contributed by atoms with E-state index in [2.05, 4.69) is 0 Å². The monoisotopic (exact) mass is 269 g/mol. The number of nitriles is 1. The first-order chi connectivity index (χ1) is 9.60. The van der Waals surface area contributed by atoms with Crippen LogP contribution in [0.5, 0.6) is 0 Å². The lowest BCUT2D eigenvalue weighted by atomic mass is 10.2. The number of amides is 1. The van der Waals surface area contributed by atoms with Crippen LogP contribution in [0.1, 0.15) is 5.56 Å². The molecule has 20 heavy (non-hydrogen) atoms. The number of rotatable bonds is 4. The molecule has 0 atom stereocenters. The van der Waals surface area contributed by atoms with Crippen molar-refractivity contribution in [1.29, 1.82) is 5.26 Å². The average Bonchev–Trinajstić information content (AvgIpc) is 2.82. The van der Waals surface area contributed by atoms with Gasteiger partial charge in [-0.25, -0.2) is 9.13 Å². The molecule has 0 aliphatic heterocycles. The maximum Gasteiger partial charge on any atom is 0.270 e. The van der Waals surface area contributed by atoms with Gasteiger partial charge in [-0.05, 0) is 19.1 Å². The fourth-order valence-corrected chi connectivity index (χ4v) is 1.96. The topological polar surface area (TPSA) is 52.9 Å². The molecule has 0 aliphatic carbocycles. The first-order valence-corrected chi connectivity index (χ1v) is 6.35. The van der Waals surface area contributed by atoms with Gasteiger partial charge >= 0.3 is 0 Å². The summed E-state index contributed by atoms with van der Waals surface area (Å²) in [5.41, 5.74) is 1.87. The van der Waals surface area contributed by atoms with Gasteiger partial charge in [-0.2, -0.15) is 5.26 Å². The van der Waals surface area contributed by atoms with Crippen molar-refractivity contribution in [2.75, 3.05) is 11.4 Å². The van der Waals surface area contributed by atoms with Crippen molar-refractivity contribution in [1.82, 2.24) is 4.57 Å². The molecule has 5 heteroatoms. The second-order valence-electron chi connectivity index (χ2n) is 4.72. The molecule has 102 valence electrons. The normalized spacial score (nSPS) is 10.1. The largest absolute Gasteiger partial charge is 0.295 e. The number of nitrogens with zero attached hydrogens (tertiary/aromatic N) is 4. The van der Waals surface area contributed by atoms with Gasteiger partial charge in [0, 0.05) is 5.69 Å². The summed E-state index contributed by atoms with van der Waals surface area (Å²) in [6.45, 7) is 2.26. The maximum atomic E-state index is 12.3. The molecular formula is C15H17N4O+. The maximum absolute atomic E-state index is 12.3. The van der Waals surface area contributed by atoms with Crippen LogP contribution in [0.15, 0.2) is 43.0 Å². The van der Waals surface area contributed by atoms with Crippen molar-refractivity contribution in [3.05, 3.63) is 48.5 Å². The fourth-order valence-electron chi connectivity index (χ4n) is 1.96. The molecule has 0 unspecified atom stereocenters. The van der Waals surface area contributed by atoms with Crippen LogP contribution in [0, 0.1) is 18.3 Å². The van der Waals surface area contributed by atoms with Gasteiger partial charge < -0.3 is 0 Å². The minimum absolute atomic E-state index is 0.0509.